The molecule has 1 aromatic carbocycles. The van der Waals surface area contributed by atoms with E-state index in [-0.39, 0.29) is 0 Å². The molecule has 0 atom stereocenters. The fraction of sp³-hybridized carbons (Fsp3) is 0.300. The maximum absolute atomic E-state index is 11.6. The van der Waals surface area contributed by atoms with Gasteiger partial charge in [-0.25, -0.2) is 4.79 Å². The van der Waals surface area contributed by atoms with Crippen LogP contribution >= 0.6 is 15.9 Å². The molecule has 0 spiro atoms. The maximum Gasteiger partial charge on any atom is 0.343 e. The van der Waals surface area contributed by atoms with Crippen LogP contribution in [0.4, 0.5) is 5.69 Å². The van der Waals surface area contributed by atoms with Crippen LogP contribution in [0.15, 0.2) is 16.6 Å². The minimum Gasteiger partial charge on any atom is -0.494 e. The number of carbonyl (C=O) groups is 1. The summed E-state index contributed by atoms with van der Waals surface area (Å²) in [6.07, 6.45) is 0. The molecule has 1 rings (SSSR count). The van der Waals surface area contributed by atoms with E-state index in [1.807, 2.05) is 0 Å². The van der Waals surface area contributed by atoms with Crippen LogP contribution in [0.1, 0.15) is 17.3 Å². The van der Waals surface area contributed by atoms with Gasteiger partial charge < -0.3 is 15.2 Å². The highest BCUT2D eigenvalue weighted by atomic mass is 79.9. The lowest BCUT2D eigenvalue weighted by Gasteiger charge is -2.11. The highest BCUT2D eigenvalue weighted by molar-refractivity contribution is 9.10. The lowest BCUT2D eigenvalue weighted by Crippen LogP contribution is -2.09. The van der Waals surface area contributed by atoms with Crippen LogP contribution in [-0.4, -0.2) is 19.7 Å². The Balaban J connectivity index is 3.24. The number of benzene rings is 1. The maximum atomic E-state index is 11.6. The molecule has 5 heteroatoms. The molecule has 0 aliphatic heterocycles. The summed E-state index contributed by atoms with van der Waals surface area (Å²) in [5, 5.41) is 0. The summed E-state index contributed by atoms with van der Waals surface area (Å²) < 4.78 is 10.6. The van der Waals surface area contributed by atoms with Crippen LogP contribution < -0.4 is 10.5 Å². The topological polar surface area (TPSA) is 61.5 Å². The smallest absolute Gasteiger partial charge is 0.343 e. The van der Waals surface area contributed by atoms with Crippen molar-refractivity contribution in [3.63, 3.8) is 0 Å². The first-order chi connectivity index (χ1) is 7.11. The van der Waals surface area contributed by atoms with Crippen LogP contribution in [0.5, 0.6) is 5.75 Å². The van der Waals surface area contributed by atoms with E-state index in [1.54, 1.807) is 19.1 Å². The van der Waals surface area contributed by atoms with Crippen LogP contribution in [0, 0.1) is 0 Å². The zero-order valence-electron chi connectivity index (χ0n) is 8.54. The minimum atomic E-state index is -0.450. The summed E-state index contributed by atoms with van der Waals surface area (Å²) in [5.74, 6) is -0.114. The molecule has 0 aromatic heterocycles. The van der Waals surface area contributed by atoms with Gasteiger partial charge in [-0.1, -0.05) is 0 Å². The lowest BCUT2D eigenvalue weighted by molar-refractivity contribution is 0.0521. The SMILES string of the molecule is CCOC(=O)c1c(Br)ccc(N)c1OC. The Morgan fingerprint density at radius 1 is 1.53 bits per heavy atom. The Morgan fingerprint density at radius 2 is 2.20 bits per heavy atom. The molecule has 0 fully saturated rings. The van der Waals surface area contributed by atoms with E-state index in [9.17, 15) is 4.79 Å². The van der Waals surface area contributed by atoms with Gasteiger partial charge in [0.05, 0.1) is 19.4 Å². The molecular weight excluding hydrogens is 262 g/mol. The van der Waals surface area contributed by atoms with Crippen molar-refractivity contribution in [2.24, 2.45) is 0 Å². The first-order valence-electron chi connectivity index (χ1n) is 4.40. The van der Waals surface area contributed by atoms with E-state index in [2.05, 4.69) is 15.9 Å². The first-order valence-corrected chi connectivity index (χ1v) is 5.20. The molecule has 0 aliphatic rings. The normalized spacial score (nSPS) is 9.80. The zero-order valence-corrected chi connectivity index (χ0v) is 10.1. The van der Waals surface area contributed by atoms with E-state index in [0.717, 1.165) is 0 Å². The van der Waals surface area contributed by atoms with Gasteiger partial charge in [0.2, 0.25) is 0 Å². The van der Waals surface area contributed by atoms with Gasteiger partial charge in [-0.2, -0.15) is 0 Å². The quantitative estimate of drug-likeness (QED) is 0.678. The standard InChI is InChI=1S/C10H12BrNO3/c1-3-15-10(13)8-6(11)4-5-7(12)9(8)14-2/h4-5H,3,12H2,1-2H3. The predicted octanol–water partition coefficient (Wildman–Crippen LogP) is 2.22. The largest absolute Gasteiger partial charge is 0.494 e. The third-order valence-electron chi connectivity index (χ3n) is 1.82. The second-order valence-corrected chi connectivity index (χ2v) is 3.62. The summed E-state index contributed by atoms with van der Waals surface area (Å²) in [6.45, 7) is 2.05. The van der Waals surface area contributed by atoms with Gasteiger partial charge in [0.25, 0.3) is 0 Å². The number of rotatable bonds is 3. The molecule has 0 amide bonds. The highest BCUT2D eigenvalue weighted by Crippen LogP contribution is 2.32. The van der Waals surface area contributed by atoms with Crippen molar-refractivity contribution in [3.05, 3.63) is 22.2 Å². The van der Waals surface area contributed by atoms with Gasteiger partial charge in [-0.05, 0) is 35.0 Å². The monoisotopic (exact) mass is 273 g/mol. The molecule has 15 heavy (non-hydrogen) atoms. The van der Waals surface area contributed by atoms with Crippen molar-refractivity contribution in [2.45, 2.75) is 6.92 Å². The van der Waals surface area contributed by atoms with Crippen molar-refractivity contribution < 1.29 is 14.3 Å². The number of nitrogen functional groups attached to an aromatic ring is 1. The Kier molecular flexibility index (Phi) is 3.96. The van der Waals surface area contributed by atoms with E-state index < -0.39 is 5.97 Å². The summed E-state index contributed by atoms with van der Waals surface area (Å²) in [5.41, 5.74) is 6.41. The van der Waals surface area contributed by atoms with Crippen LogP contribution in [0.2, 0.25) is 0 Å². The van der Waals surface area contributed by atoms with Crippen LogP contribution in [0.25, 0.3) is 0 Å². The zero-order chi connectivity index (χ0) is 11.4. The number of hydrogen-bond donors (Lipinski definition) is 1. The average molecular weight is 274 g/mol. The number of esters is 1. The van der Waals surface area contributed by atoms with Crippen molar-refractivity contribution in [1.29, 1.82) is 0 Å². The Bertz CT molecular complexity index is 379. The van der Waals surface area contributed by atoms with E-state index in [1.165, 1.54) is 7.11 Å². The van der Waals surface area contributed by atoms with Gasteiger partial charge >= 0.3 is 5.97 Å². The Hall–Kier alpha value is -1.23. The van der Waals surface area contributed by atoms with E-state index in [0.29, 0.717) is 28.1 Å². The third kappa shape index (κ3) is 2.41. The Labute approximate surface area is 96.5 Å². The van der Waals surface area contributed by atoms with Gasteiger partial charge in [0.1, 0.15) is 5.56 Å². The van der Waals surface area contributed by atoms with Gasteiger partial charge in [-0.3, -0.25) is 0 Å². The highest BCUT2D eigenvalue weighted by Gasteiger charge is 2.19. The molecule has 0 bridgehead atoms. The van der Waals surface area contributed by atoms with Gasteiger partial charge in [0.15, 0.2) is 5.75 Å². The molecule has 1 aromatic rings. The number of nitrogens with two attached hydrogens (primary N) is 1. The molecule has 4 nitrogen and oxygen atoms in total. The number of hydrogen-bond acceptors (Lipinski definition) is 4. The molecule has 0 heterocycles. The molecule has 0 saturated heterocycles. The summed E-state index contributed by atoms with van der Waals surface area (Å²) >= 11 is 3.26. The molecule has 0 saturated carbocycles. The molecule has 82 valence electrons. The third-order valence-corrected chi connectivity index (χ3v) is 2.48. The number of halogens is 1. The summed E-state index contributed by atoms with van der Waals surface area (Å²) in [6, 6.07) is 3.34. The fourth-order valence-electron chi connectivity index (χ4n) is 1.19. The molecule has 2 N–H and O–H groups in total. The lowest BCUT2D eigenvalue weighted by atomic mass is 10.2. The number of ether oxygens (including phenoxy) is 2. The molecule has 0 unspecified atom stereocenters. The average Bonchev–Trinajstić information content (AvgIpc) is 2.21. The number of anilines is 1. The van der Waals surface area contributed by atoms with Crippen molar-refractivity contribution in [3.8, 4) is 5.75 Å². The fourth-order valence-corrected chi connectivity index (χ4v) is 1.66. The first kappa shape index (κ1) is 11.8. The summed E-state index contributed by atoms with van der Waals surface area (Å²) in [7, 11) is 1.46. The number of methoxy groups -OCH3 is 1. The van der Waals surface area contributed by atoms with Gasteiger partial charge in [-0.15, -0.1) is 0 Å². The van der Waals surface area contributed by atoms with Crippen LogP contribution in [-0.2, 0) is 4.74 Å². The van der Waals surface area contributed by atoms with E-state index >= 15 is 0 Å². The van der Waals surface area contributed by atoms with Crippen molar-refractivity contribution in [1.82, 2.24) is 0 Å². The summed E-state index contributed by atoms with van der Waals surface area (Å²) in [4.78, 5) is 11.6. The minimum absolute atomic E-state index is 0.309. The second kappa shape index (κ2) is 5.02. The number of carbonyl (C=O) groups excluding carboxylic acids is 1. The second-order valence-electron chi connectivity index (χ2n) is 2.77. The molecular formula is C10H12BrNO3. The Morgan fingerprint density at radius 3 is 2.73 bits per heavy atom. The van der Waals surface area contributed by atoms with Crippen molar-refractivity contribution >= 4 is 27.6 Å². The van der Waals surface area contributed by atoms with Crippen LogP contribution in [0.3, 0.4) is 0 Å². The predicted molar refractivity (Wildman–Crippen MR) is 61.1 cm³/mol. The van der Waals surface area contributed by atoms with E-state index in [4.69, 9.17) is 15.2 Å². The van der Waals surface area contributed by atoms with Crippen molar-refractivity contribution in [2.75, 3.05) is 19.5 Å². The van der Waals surface area contributed by atoms with Gasteiger partial charge in [0, 0.05) is 4.47 Å². The molecule has 0 radical (unpaired) electrons. The molecule has 0 aliphatic carbocycles.